The van der Waals surface area contributed by atoms with Crippen LogP contribution < -0.4 is 0 Å². The summed E-state index contributed by atoms with van der Waals surface area (Å²) < 4.78 is 1.41. The van der Waals surface area contributed by atoms with Crippen LogP contribution in [0.2, 0.25) is 0 Å². The number of imidazole rings is 2. The van der Waals surface area contributed by atoms with Gasteiger partial charge in [-0.2, -0.15) is 0 Å². The third-order valence-corrected chi connectivity index (χ3v) is 4.41. The van der Waals surface area contributed by atoms with Gasteiger partial charge in [-0.1, -0.05) is 23.9 Å². The van der Waals surface area contributed by atoms with Crippen LogP contribution in [0.1, 0.15) is 5.82 Å². The van der Waals surface area contributed by atoms with Crippen molar-refractivity contribution in [1.29, 1.82) is 0 Å². The quantitative estimate of drug-likeness (QED) is 0.406. The number of hydrogen-bond donors (Lipinski definition) is 2. The summed E-state index contributed by atoms with van der Waals surface area (Å²) in [5.74, 6) is 0.758. The maximum absolute atomic E-state index is 10.9. The van der Waals surface area contributed by atoms with Gasteiger partial charge in [0, 0.05) is 12.7 Å². The number of rotatable bonds is 6. The van der Waals surface area contributed by atoms with E-state index in [4.69, 9.17) is 0 Å². The van der Waals surface area contributed by atoms with Gasteiger partial charge in [0.1, 0.15) is 18.8 Å². The van der Waals surface area contributed by atoms with Crippen LogP contribution in [0.25, 0.3) is 11.0 Å². The summed E-state index contributed by atoms with van der Waals surface area (Å²) in [6, 6.07) is 7.67. The molecule has 1 atom stereocenters. The maximum Gasteiger partial charge on any atom is 0.342 e. The van der Waals surface area contributed by atoms with Crippen LogP contribution in [0.5, 0.6) is 0 Å². The summed E-state index contributed by atoms with van der Waals surface area (Å²) in [5.41, 5.74) is 1.80. The maximum atomic E-state index is 10.9. The van der Waals surface area contributed by atoms with Gasteiger partial charge in [0.2, 0.25) is 0 Å². The highest BCUT2D eigenvalue weighted by atomic mass is 32.2. The van der Waals surface area contributed by atoms with E-state index in [1.54, 1.807) is 6.92 Å². The highest BCUT2D eigenvalue weighted by molar-refractivity contribution is 7.99. The molecule has 2 N–H and O–H groups in total. The molecule has 0 aliphatic heterocycles. The van der Waals surface area contributed by atoms with Gasteiger partial charge in [-0.05, 0) is 17.1 Å². The fourth-order valence-electron chi connectivity index (χ4n) is 2.26. The molecule has 0 radical (unpaired) electrons. The van der Waals surface area contributed by atoms with Gasteiger partial charge < -0.3 is 20.2 Å². The van der Waals surface area contributed by atoms with Crippen LogP contribution in [-0.2, 0) is 6.54 Å². The van der Waals surface area contributed by atoms with Crippen molar-refractivity contribution in [2.24, 2.45) is 0 Å². The fourth-order valence-corrected chi connectivity index (χ4v) is 3.06. The molecule has 23 heavy (non-hydrogen) atoms. The number of thioether (sulfide) groups is 1. The first-order chi connectivity index (χ1) is 11.0. The molecule has 0 aliphatic carbocycles. The number of nitrogens with one attached hydrogen (secondary N) is 1. The standard InChI is InChI=1S/C14H15N5O3S/c1-9-15-6-13(19(21)22)18(9)7-10(20)8-23-14-16-11-4-2-3-5-12(11)17-14/h2-6,10,20H,7-8H2,1H3,(H,16,17). The lowest BCUT2D eigenvalue weighted by molar-refractivity contribution is -0.392. The summed E-state index contributed by atoms with van der Waals surface area (Å²) in [7, 11) is 0. The summed E-state index contributed by atoms with van der Waals surface area (Å²) in [4.78, 5) is 21.9. The molecule has 8 nitrogen and oxygen atoms in total. The summed E-state index contributed by atoms with van der Waals surface area (Å²) >= 11 is 1.38. The first kappa shape index (κ1) is 15.5. The molecule has 0 aliphatic rings. The molecule has 3 aromatic rings. The number of para-hydroxylation sites is 2. The van der Waals surface area contributed by atoms with Crippen LogP contribution in [-0.4, -0.2) is 41.4 Å². The Morgan fingerprint density at radius 1 is 1.48 bits per heavy atom. The minimum atomic E-state index is -0.750. The SMILES string of the molecule is Cc1ncc([N+](=O)[O-])n1CC(O)CSc1nc2ccccc2[nH]1. The first-order valence-electron chi connectivity index (χ1n) is 6.96. The number of H-pyrrole nitrogens is 1. The van der Waals surface area contributed by atoms with Crippen molar-refractivity contribution in [3.8, 4) is 0 Å². The molecule has 0 bridgehead atoms. The van der Waals surface area contributed by atoms with Crippen molar-refractivity contribution in [2.45, 2.75) is 24.7 Å². The normalized spacial score (nSPS) is 12.6. The number of fused-ring (bicyclic) bond motifs is 1. The van der Waals surface area contributed by atoms with E-state index in [1.807, 2.05) is 24.3 Å². The molecule has 1 aromatic carbocycles. The monoisotopic (exact) mass is 333 g/mol. The predicted molar refractivity (Wildman–Crippen MR) is 86.4 cm³/mol. The minimum Gasteiger partial charge on any atom is -0.388 e. The van der Waals surface area contributed by atoms with Crippen LogP contribution in [0.15, 0.2) is 35.6 Å². The lowest BCUT2D eigenvalue weighted by Gasteiger charge is -2.09. The Morgan fingerprint density at radius 3 is 3.00 bits per heavy atom. The van der Waals surface area contributed by atoms with Gasteiger partial charge in [0.15, 0.2) is 11.0 Å². The van der Waals surface area contributed by atoms with E-state index in [2.05, 4.69) is 15.0 Å². The van der Waals surface area contributed by atoms with Crippen molar-refractivity contribution in [1.82, 2.24) is 19.5 Å². The van der Waals surface area contributed by atoms with Crippen molar-refractivity contribution in [2.75, 3.05) is 5.75 Å². The van der Waals surface area contributed by atoms with E-state index in [0.29, 0.717) is 16.7 Å². The van der Waals surface area contributed by atoms with E-state index < -0.39 is 11.0 Å². The highest BCUT2D eigenvalue weighted by Gasteiger charge is 2.20. The Labute approximate surface area is 135 Å². The molecule has 0 saturated heterocycles. The average Bonchev–Trinajstić information content (AvgIpc) is 3.09. The third kappa shape index (κ3) is 3.35. The molecule has 2 aromatic heterocycles. The molecule has 120 valence electrons. The summed E-state index contributed by atoms with van der Waals surface area (Å²) in [6.45, 7) is 1.79. The van der Waals surface area contributed by atoms with Crippen molar-refractivity contribution >= 4 is 28.6 Å². The Balaban J connectivity index is 1.64. The largest absolute Gasteiger partial charge is 0.388 e. The smallest absolute Gasteiger partial charge is 0.342 e. The number of nitrogens with zero attached hydrogens (tertiary/aromatic N) is 4. The third-order valence-electron chi connectivity index (χ3n) is 3.39. The molecule has 0 amide bonds. The Kier molecular flexibility index (Phi) is 4.30. The van der Waals surface area contributed by atoms with Gasteiger partial charge in [-0.3, -0.25) is 0 Å². The number of benzene rings is 1. The number of aliphatic hydroxyl groups excluding tert-OH is 1. The second-order valence-corrected chi connectivity index (χ2v) is 6.06. The van der Waals surface area contributed by atoms with Crippen LogP contribution in [0, 0.1) is 17.0 Å². The van der Waals surface area contributed by atoms with Gasteiger partial charge >= 0.3 is 5.82 Å². The number of nitro groups is 1. The minimum absolute atomic E-state index is 0.115. The topological polar surface area (TPSA) is 110 Å². The van der Waals surface area contributed by atoms with Crippen LogP contribution in [0.3, 0.4) is 0 Å². The number of aryl methyl sites for hydroxylation is 1. The molecule has 3 rings (SSSR count). The number of aliphatic hydroxyl groups is 1. The first-order valence-corrected chi connectivity index (χ1v) is 7.95. The average molecular weight is 333 g/mol. The molecule has 0 fully saturated rings. The van der Waals surface area contributed by atoms with E-state index in [9.17, 15) is 15.2 Å². The van der Waals surface area contributed by atoms with E-state index in [0.717, 1.165) is 11.0 Å². The van der Waals surface area contributed by atoms with E-state index in [-0.39, 0.29) is 12.4 Å². The van der Waals surface area contributed by atoms with Crippen LogP contribution in [0.4, 0.5) is 5.82 Å². The zero-order valence-electron chi connectivity index (χ0n) is 12.3. The molecule has 1 unspecified atom stereocenters. The zero-order chi connectivity index (χ0) is 16.4. The second kappa shape index (κ2) is 6.39. The molecule has 2 heterocycles. The van der Waals surface area contributed by atoms with Gasteiger partial charge in [-0.25, -0.2) is 14.5 Å². The Bertz CT molecular complexity index is 811. The van der Waals surface area contributed by atoms with E-state index >= 15 is 0 Å². The van der Waals surface area contributed by atoms with Gasteiger partial charge in [0.25, 0.3) is 0 Å². The van der Waals surface area contributed by atoms with E-state index in [1.165, 1.54) is 22.5 Å². The summed E-state index contributed by atoms with van der Waals surface area (Å²) in [6.07, 6.45) is 0.453. The number of aromatic nitrogens is 4. The van der Waals surface area contributed by atoms with Crippen molar-refractivity contribution < 1.29 is 10.0 Å². The zero-order valence-corrected chi connectivity index (χ0v) is 13.2. The highest BCUT2D eigenvalue weighted by Crippen LogP contribution is 2.21. The predicted octanol–water partition coefficient (Wildman–Crippen LogP) is 2.13. The van der Waals surface area contributed by atoms with Crippen molar-refractivity contribution in [3.05, 3.63) is 46.4 Å². The Hall–Kier alpha value is -2.39. The molecule has 0 spiro atoms. The van der Waals surface area contributed by atoms with Crippen LogP contribution >= 0.6 is 11.8 Å². The molecular weight excluding hydrogens is 318 g/mol. The summed E-state index contributed by atoms with van der Waals surface area (Å²) in [5, 5.41) is 21.8. The molecule has 0 saturated carbocycles. The molecule has 9 heteroatoms. The lowest BCUT2D eigenvalue weighted by Crippen LogP contribution is -2.20. The second-order valence-electron chi connectivity index (χ2n) is 5.06. The van der Waals surface area contributed by atoms with Gasteiger partial charge in [-0.15, -0.1) is 0 Å². The van der Waals surface area contributed by atoms with Gasteiger partial charge in [0.05, 0.1) is 11.0 Å². The van der Waals surface area contributed by atoms with Crippen molar-refractivity contribution in [3.63, 3.8) is 0 Å². The molecular formula is C14H15N5O3S. The fraction of sp³-hybridized carbons (Fsp3) is 0.286. The number of hydrogen-bond acceptors (Lipinski definition) is 6. The lowest BCUT2D eigenvalue weighted by atomic mass is 10.3. The Morgan fingerprint density at radius 2 is 2.26 bits per heavy atom. The number of aromatic amines is 1.